The van der Waals surface area contributed by atoms with E-state index in [0.29, 0.717) is 16.8 Å². The van der Waals surface area contributed by atoms with E-state index >= 15 is 0 Å². The summed E-state index contributed by atoms with van der Waals surface area (Å²) in [6, 6.07) is 15.3. The normalized spacial score (nSPS) is 15.7. The number of benzene rings is 2. The van der Waals surface area contributed by atoms with E-state index in [1.165, 1.54) is 0 Å². The molecule has 0 amide bonds. The quantitative estimate of drug-likeness (QED) is 0.641. The van der Waals surface area contributed by atoms with Crippen molar-refractivity contribution >= 4 is 28.3 Å². The fraction of sp³-hybridized carbons (Fsp3) is 0.120. The monoisotopic (exact) mass is 396 g/mol. The number of pyridine rings is 1. The van der Waals surface area contributed by atoms with Gasteiger partial charge in [-0.1, -0.05) is 56.3 Å². The fourth-order valence-corrected chi connectivity index (χ4v) is 4.12. The van der Waals surface area contributed by atoms with Gasteiger partial charge in [-0.15, -0.1) is 0 Å². The minimum atomic E-state index is -1.21. The lowest BCUT2D eigenvalue weighted by Gasteiger charge is -2.30. The number of fused-ring (bicyclic) bond motifs is 1. The van der Waals surface area contributed by atoms with Crippen molar-refractivity contribution in [3.05, 3.63) is 89.4 Å². The van der Waals surface area contributed by atoms with Crippen molar-refractivity contribution in [3.63, 3.8) is 0 Å². The van der Waals surface area contributed by atoms with Crippen LogP contribution in [-0.4, -0.2) is 22.0 Å². The molecule has 0 unspecified atom stereocenters. The second-order valence-electron chi connectivity index (χ2n) is 7.80. The number of aliphatic carboxylic acids is 1. The average molecular weight is 396 g/mol. The van der Waals surface area contributed by atoms with Crippen molar-refractivity contribution < 1.29 is 14.7 Å². The molecule has 1 aliphatic rings. The van der Waals surface area contributed by atoms with Crippen molar-refractivity contribution in [2.75, 3.05) is 0 Å². The summed E-state index contributed by atoms with van der Waals surface area (Å²) in [5.41, 5.74) is 8.65. The van der Waals surface area contributed by atoms with Gasteiger partial charge < -0.3 is 10.8 Å². The number of nitrogens with two attached hydrogens (primary N) is 1. The van der Waals surface area contributed by atoms with Crippen LogP contribution in [0, 0.1) is 5.41 Å². The molecule has 0 radical (unpaired) electrons. The van der Waals surface area contributed by atoms with Gasteiger partial charge in [0.15, 0.2) is 0 Å². The van der Waals surface area contributed by atoms with E-state index in [2.05, 4.69) is 4.98 Å². The number of hydrogen-bond donors (Lipinski definition) is 2. The van der Waals surface area contributed by atoms with Gasteiger partial charge in [0.25, 0.3) is 0 Å². The molecule has 4 rings (SSSR count). The maximum absolute atomic E-state index is 12.3. The number of aromatic nitrogens is 1. The van der Waals surface area contributed by atoms with Crippen LogP contribution in [0.4, 0.5) is 0 Å². The highest BCUT2D eigenvalue weighted by Crippen LogP contribution is 2.45. The van der Waals surface area contributed by atoms with E-state index in [1.54, 1.807) is 32.3 Å². The van der Waals surface area contributed by atoms with Crippen molar-refractivity contribution in [1.29, 1.82) is 0 Å². The van der Waals surface area contributed by atoms with E-state index in [9.17, 15) is 14.7 Å². The van der Waals surface area contributed by atoms with Gasteiger partial charge in [0.2, 0.25) is 0 Å². The van der Waals surface area contributed by atoms with Crippen molar-refractivity contribution in [2.45, 2.75) is 13.8 Å². The van der Waals surface area contributed by atoms with Gasteiger partial charge in [0.1, 0.15) is 5.94 Å². The zero-order chi connectivity index (χ0) is 21.5. The third kappa shape index (κ3) is 3.02. The van der Waals surface area contributed by atoms with Gasteiger partial charge in [-0.3, -0.25) is 4.98 Å². The summed E-state index contributed by atoms with van der Waals surface area (Å²) in [6.45, 7) is 3.51. The Bertz CT molecular complexity index is 1290. The van der Waals surface area contributed by atoms with Crippen LogP contribution in [0.2, 0.25) is 0 Å². The molecule has 2 aromatic carbocycles. The largest absolute Gasteiger partial charge is 0.478 e. The Balaban J connectivity index is 2.15. The molecule has 1 aromatic heterocycles. The highest BCUT2D eigenvalue weighted by atomic mass is 16.4. The van der Waals surface area contributed by atoms with E-state index in [-0.39, 0.29) is 11.1 Å². The van der Waals surface area contributed by atoms with Crippen LogP contribution in [0.15, 0.2) is 83.8 Å². The predicted molar refractivity (Wildman–Crippen MR) is 117 cm³/mol. The van der Waals surface area contributed by atoms with Crippen LogP contribution in [0.1, 0.15) is 19.4 Å². The lowest BCUT2D eigenvalue weighted by molar-refractivity contribution is -0.132. The summed E-state index contributed by atoms with van der Waals surface area (Å²) in [5.74, 6) is 0.653. The maximum Gasteiger partial charge on any atom is 0.337 e. The Labute approximate surface area is 173 Å². The van der Waals surface area contributed by atoms with Crippen LogP contribution in [0.5, 0.6) is 0 Å². The summed E-state index contributed by atoms with van der Waals surface area (Å²) in [5, 5.41) is 11.8. The molecule has 3 aromatic rings. The second-order valence-corrected chi connectivity index (χ2v) is 7.80. The molecular formula is C25H20N2O3. The highest BCUT2D eigenvalue weighted by Gasteiger charge is 2.37. The molecule has 1 heterocycles. The first-order valence-electron chi connectivity index (χ1n) is 9.50. The Morgan fingerprint density at radius 3 is 2.37 bits per heavy atom. The lowest BCUT2D eigenvalue weighted by Crippen LogP contribution is -2.26. The minimum absolute atomic E-state index is 0.0788. The first-order valence-corrected chi connectivity index (χ1v) is 9.50. The van der Waals surface area contributed by atoms with Crippen molar-refractivity contribution in [2.24, 2.45) is 11.1 Å². The van der Waals surface area contributed by atoms with Gasteiger partial charge in [0, 0.05) is 34.6 Å². The predicted octanol–water partition coefficient (Wildman–Crippen LogP) is 4.38. The summed E-state index contributed by atoms with van der Waals surface area (Å²) in [7, 11) is 0. The Morgan fingerprint density at radius 1 is 1.07 bits per heavy atom. The molecule has 0 aliphatic heterocycles. The number of carboxylic acid groups (broad SMARTS) is 1. The van der Waals surface area contributed by atoms with Crippen molar-refractivity contribution in [3.8, 4) is 11.1 Å². The van der Waals surface area contributed by atoms with E-state index in [4.69, 9.17) is 5.73 Å². The van der Waals surface area contributed by atoms with E-state index < -0.39 is 11.4 Å². The van der Waals surface area contributed by atoms with Crippen LogP contribution >= 0.6 is 0 Å². The third-order valence-electron chi connectivity index (χ3n) is 5.41. The molecular weight excluding hydrogens is 376 g/mol. The lowest BCUT2D eigenvalue weighted by atomic mass is 9.72. The minimum Gasteiger partial charge on any atom is -0.478 e. The first kappa shape index (κ1) is 19.4. The van der Waals surface area contributed by atoms with Gasteiger partial charge in [0.05, 0.1) is 11.1 Å². The summed E-state index contributed by atoms with van der Waals surface area (Å²) < 4.78 is 0. The molecule has 0 saturated heterocycles. The molecule has 0 fully saturated rings. The number of carbonyl (C=O) groups is 1. The summed E-state index contributed by atoms with van der Waals surface area (Å²) >= 11 is 0. The van der Waals surface area contributed by atoms with Crippen LogP contribution in [0.3, 0.4) is 0 Å². The molecule has 5 heteroatoms. The van der Waals surface area contributed by atoms with E-state index in [1.807, 2.05) is 54.5 Å². The van der Waals surface area contributed by atoms with Crippen molar-refractivity contribution in [1.82, 2.24) is 4.98 Å². The number of carboxylic acids is 1. The highest BCUT2D eigenvalue weighted by molar-refractivity contribution is 6.13. The van der Waals surface area contributed by atoms with Crippen LogP contribution in [0.25, 0.3) is 27.5 Å². The topological polar surface area (TPSA) is 93.3 Å². The second kappa shape index (κ2) is 7.14. The number of allylic oxidation sites excluding steroid dienone is 2. The molecule has 0 saturated carbocycles. The molecule has 30 heavy (non-hydrogen) atoms. The first-order chi connectivity index (χ1) is 14.3. The van der Waals surface area contributed by atoms with Crippen LogP contribution in [-0.2, 0) is 9.59 Å². The van der Waals surface area contributed by atoms with Crippen LogP contribution < -0.4 is 5.73 Å². The molecule has 0 spiro atoms. The van der Waals surface area contributed by atoms with Gasteiger partial charge in [-0.05, 0) is 34.0 Å². The summed E-state index contributed by atoms with van der Waals surface area (Å²) in [6.07, 6.45) is 5.18. The Hall–Kier alpha value is -3.95. The summed E-state index contributed by atoms with van der Waals surface area (Å²) in [4.78, 5) is 28.3. The molecule has 0 atom stereocenters. The van der Waals surface area contributed by atoms with Gasteiger partial charge in [-0.2, -0.15) is 0 Å². The third-order valence-corrected chi connectivity index (χ3v) is 5.41. The SMILES string of the molecule is CC1(C)C=C(N)C(c2cccc3cccc(-c4cccnc4)c23)=C(C(=O)O)C1=C=O. The molecule has 148 valence electrons. The Kier molecular flexibility index (Phi) is 4.61. The average Bonchev–Trinajstić information content (AvgIpc) is 2.72. The Morgan fingerprint density at radius 2 is 1.77 bits per heavy atom. The zero-order valence-corrected chi connectivity index (χ0v) is 16.6. The molecule has 0 bridgehead atoms. The molecule has 3 N–H and O–H groups in total. The number of rotatable bonds is 3. The number of nitrogens with zero attached hydrogens (tertiary/aromatic N) is 1. The standard InChI is InChI=1S/C25H20N2O3/c1-25(2)12-20(26)22(23(24(29)30)19(25)14-28)18-10-4-7-15-6-3-9-17(21(15)18)16-8-5-11-27-13-16/h3-13H,26H2,1-2H3,(H,29,30). The maximum atomic E-state index is 12.3. The zero-order valence-electron chi connectivity index (χ0n) is 16.6. The van der Waals surface area contributed by atoms with Gasteiger partial charge in [-0.25, -0.2) is 9.59 Å². The molecule has 1 aliphatic carbocycles. The molecule has 5 nitrogen and oxygen atoms in total. The smallest absolute Gasteiger partial charge is 0.337 e. The number of hydrogen-bond acceptors (Lipinski definition) is 4. The fourth-order valence-electron chi connectivity index (χ4n) is 4.12. The number of carbonyl (C=O) groups excluding carboxylic acids is 1. The van der Waals surface area contributed by atoms with Gasteiger partial charge >= 0.3 is 5.97 Å². The van der Waals surface area contributed by atoms with E-state index in [0.717, 1.165) is 21.9 Å².